The average Bonchev–Trinajstić information content (AvgIpc) is 3.29. The second-order valence-electron chi connectivity index (χ2n) is 10.8. The van der Waals surface area contributed by atoms with Gasteiger partial charge >= 0.3 is 6.09 Å². The molecule has 3 amide bonds. The van der Waals surface area contributed by atoms with E-state index in [0.717, 1.165) is 20.8 Å². The highest BCUT2D eigenvalue weighted by molar-refractivity contribution is 9.09. The number of rotatable bonds is 10. The number of carbonyl (C=O) groups excluding carboxylic acids is 3. The van der Waals surface area contributed by atoms with Crippen molar-refractivity contribution in [2.24, 2.45) is 0 Å². The normalized spacial score (nSPS) is 15.6. The van der Waals surface area contributed by atoms with E-state index in [1.165, 1.54) is 0 Å². The van der Waals surface area contributed by atoms with Gasteiger partial charge in [-0.3, -0.25) is 19.8 Å². The number of hydrogen-bond acceptors (Lipinski definition) is 5. The fourth-order valence-corrected chi connectivity index (χ4v) is 10.5. The maximum absolute atomic E-state index is 12.9. The molecule has 0 aliphatic carbocycles. The summed E-state index contributed by atoms with van der Waals surface area (Å²) in [5.41, 5.74) is 0.827. The number of benzene rings is 3. The molecule has 0 aromatic heterocycles. The van der Waals surface area contributed by atoms with Gasteiger partial charge in [0.15, 0.2) is 0 Å². The second-order valence-corrected chi connectivity index (χ2v) is 16.3. The predicted molar refractivity (Wildman–Crippen MR) is 161 cm³/mol. The summed E-state index contributed by atoms with van der Waals surface area (Å²) >= 11 is 3.68. The van der Waals surface area contributed by atoms with E-state index in [-0.39, 0.29) is 42.9 Å². The topological polar surface area (TPSA) is 84.9 Å². The van der Waals surface area contributed by atoms with Crippen LogP contribution in [0.4, 0.5) is 4.79 Å². The molecular weight excluding hydrogens is 588 g/mol. The van der Waals surface area contributed by atoms with E-state index in [0.29, 0.717) is 0 Å². The maximum atomic E-state index is 12.9. The molecule has 0 bridgehead atoms. The van der Waals surface area contributed by atoms with Gasteiger partial charge in [0.25, 0.3) is 8.32 Å². The molecule has 0 saturated carbocycles. The van der Waals surface area contributed by atoms with E-state index in [2.05, 4.69) is 66.3 Å². The third kappa shape index (κ3) is 6.54. The third-order valence-electron chi connectivity index (χ3n) is 7.07. The lowest BCUT2D eigenvalue weighted by Crippen LogP contribution is -2.67. The summed E-state index contributed by atoms with van der Waals surface area (Å²) in [5, 5.41) is 4.70. The Morgan fingerprint density at radius 1 is 0.875 bits per heavy atom. The SMILES string of the molecule is CC(C)(C)[Si](OC[C@H](Br)[C@H](NC(=O)OCc1ccccc1)N1C(=O)CCC1=O)(c1ccccc1)c1ccccc1. The molecule has 0 radical (unpaired) electrons. The molecule has 1 fully saturated rings. The lowest BCUT2D eigenvalue weighted by atomic mass is 10.2. The van der Waals surface area contributed by atoms with Gasteiger partial charge in [0, 0.05) is 12.8 Å². The number of nitrogens with zero attached hydrogens (tertiary/aromatic N) is 1. The Kier molecular flexibility index (Phi) is 9.60. The van der Waals surface area contributed by atoms with Crippen LogP contribution in [-0.4, -0.2) is 48.7 Å². The molecule has 40 heavy (non-hydrogen) atoms. The Hall–Kier alpha value is -3.27. The lowest BCUT2D eigenvalue weighted by Gasteiger charge is -2.44. The molecule has 0 spiro atoms. The number of hydrogen-bond donors (Lipinski definition) is 1. The van der Waals surface area contributed by atoms with Gasteiger partial charge < -0.3 is 9.16 Å². The van der Waals surface area contributed by atoms with E-state index in [4.69, 9.17) is 9.16 Å². The van der Waals surface area contributed by atoms with E-state index >= 15 is 0 Å². The first kappa shape index (κ1) is 29.7. The average molecular weight is 624 g/mol. The fraction of sp³-hybridized carbons (Fsp3) is 0.323. The fourth-order valence-electron chi connectivity index (χ4n) is 5.16. The van der Waals surface area contributed by atoms with E-state index in [1.807, 2.05) is 66.7 Å². The Labute approximate surface area is 245 Å². The molecule has 4 rings (SSSR count). The number of nitrogens with one attached hydrogen (secondary N) is 1. The lowest BCUT2D eigenvalue weighted by molar-refractivity contribution is -0.141. The largest absolute Gasteiger partial charge is 0.445 e. The van der Waals surface area contributed by atoms with Crippen LogP contribution >= 0.6 is 15.9 Å². The van der Waals surface area contributed by atoms with Gasteiger partial charge in [-0.25, -0.2) is 4.79 Å². The van der Waals surface area contributed by atoms with Gasteiger partial charge in [0.05, 0.1) is 11.4 Å². The van der Waals surface area contributed by atoms with Crippen molar-refractivity contribution in [1.82, 2.24) is 10.2 Å². The van der Waals surface area contributed by atoms with Crippen molar-refractivity contribution in [3.63, 3.8) is 0 Å². The van der Waals surface area contributed by atoms with Crippen molar-refractivity contribution >= 4 is 52.5 Å². The minimum Gasteiger partial charge on any atom is -0.445 e. The molecule has 0 unspecified atom stereocenters. The standard InChI is InChI=1S/C31H35BrN2O5Si/c1-31(2,3)40(24-15-9-5-10-16-24,25-17-11-6-12-18-25)39-22-26(32)29(34-27(35)19-20-28(34)36)33-30(37)38-21-23-13-7-4-8-14-23/h4-18,26,29H,19-22H2,1-3H3,(H,33,37)/t26-,29+/m0/s1. The van der Waals surface area contributed by atoms with E-state index in [9.17, 15) is 14.4 Å². The van der Waals surface area contributed by atoms with Gasteiger partial charge in [-0.2, -0.15) is 0 Å². The van der Waals surface area contributed by atoms with Crippen molar-refractivity contribution in [2.75, 3.05) is 6.61 Å². The molecule has 2 atom stereocenters. The predicted octanol–water partition coefficient (Wildman–Crippen LogP) is 4.73. The number of ether oxygens (including phenoxy) is 1. The Balaban J connectivity index is 1.61. The summed E-state index contributed by atoms with van der Waals surface area (Å²) in [6.07, 6.45) is -1.50. The van der Waals surface area contributed by atoms with Crippen LogP contribution in [0.2, 0.25) is 5.04 Å². The van der Waals surface area contributed by atoms with Gasteiger partial charge in [-0.15, -0.1) is 0 Å². The van der Waals surface area contributed by atoms with Crippen LogP contribution in [0.3, 0.4) is 0 Å². The number of carbonyl (C=O) groups is 3. The zero-order valence-electron chi connectivity index (χ0n) is 23.0. The molecule has 1 aliphatic rings. The number of halogens is 1. The smallest absolute Gasteiger partial charge is 0.409 e. The Morgan fingerprint density at radius 2 is 1.35 bits per heavy atom. The van der Waals surface area contributed by atoms with Crippen molar-refractivity contribution in [3.8, 4) is 0 Å². The van der Waals surface area contributed by atoms with Gasteiger partial charge in [-0.05, 0) is 21.0 Å². The quantitative estimate of drug-likeness (QED) is 0.201. The van der Waals surface area contributed by atoms with Gasteiger partial charge in [0.2, 0.25) is 11.8 Å². The van der Waals surface area contributed by atoms with Crippen LogP contribution in [0, 0.1) is 0 Å². The molecule has 210 valence electrons. The molecular formula is C31H35BrN2O5Si. The van der Waals surface area contributed by atoms with Crippen molar-refractivity contribution < 1.29 is 23.5 Å². The number of amides is 3. The second kappa shape index (κ2) is 12.9. The monoisotopic (exact) mass is 622 g/mol. The van der Waals surface area contributed by atoms with Crippen LogP contribution in [0.5, 0.6) is 0 Å². The van der Waals surface area contributed by atoms with Gasteiger partial charge in [0.1, 0.15) is 12.8 Å². The van der Waals surface area contributed by atoms with Crippen LogP contribution < -0.4 is 15.7 Å². The highest BCUT2D eigenvalue weighted by atomic mass is 79.9. The number of imide groups is 1. The number of likely N-dealkylation sites (tertiary alicyclic amines) is 1. The minimum absolute atomic E-state index is 0.0623. The third-order valence-corrected chi connectivity index (χ3v) is 12.8. The van der Waals surface area contributed by atoms with Crippen molar-refractivity contribution in [3.05, 3.63) is 96.6 Å². The summed E-state index contributed by atoms with van der Waals surface area (Å²) in [6.45, 7) is 6.72. The zero-order valence-corrected chi connectivity index (χ0v) is 25.6. The van der Waals surface area contributed by atoms with Crippen LogP contribution in [0.15, 0.2) is 91.0 Å². The molecule has 1 saturated heterocycles. The van der Waals surface area contributed by atoms with E-state index in [1.54, 1.807) is 0 Å². The van der Waals surface area contributed by atoms with Crippen molar-refractivity contribution in [1.29, 1.82) is 0 Å². The molecule has 9 heteroatoms. The van der Waals surface area contributed by atoms with Crippen LogP contribution in [-0.2, 0) is 25.4 Å². The molecule has 7 nitrogen and oxygen atoms in total. The Morgan fingerprint density at radius 3 is 1.82 bits per heavy atom. The summed E-state index contributed by atoms with van der Waals surface area (Å²) in [7, 11) is -2.89. The molecule has 1 heterocycles. The van der Waals surface area contributed by atoms with Crippen LogP contribution in [0.25, 0.3) is 0 Å². The summed E-state index contributed by atoms with van der Waals surface area (Å²) in [6, 6.07) is 29.7. The molecule has 3 aromatic carbocycles. The molecule has 1 aliphatic heterocycles. The summed E-state index contributed by atoms with van der Waals surface area (Å²) < 4.78 is 12.4. The Bertz CT molecular complexity index is 1250. The van der Waals surface area contributed by atoms with Gasteiger partial charge in [-0.1, -0.05) is 128 Å². The first-order valence-corrected chi connectivity index (χ1v) is 16.2. The summed E-state index contributed by atoms with van der Waals surface area (Å²) in [4.78, 5) is 38.9. The van der Waals surface area contributed by atoms with Crippen molar-refractivity contribution in [2.45, 2.75) is 56.3 Å². The van der Waals surface area contributed by atoms with E-state index < -0.39 is 25.4 Å². The number of alkyl halides is 1. The molecule has 3 aromatic rings. The zero-order chi connectivity index (χ0) is 28.8. The highest BCUT2D eigenvalue weighted by Gasteiger charge is 2.51. The highest BCUT2D eigenvalue weighted by Crippen LogP contribution is 2.37. The minimum atomic E-state index is -2.89. The molecule has 1 N–H and O–H groups in total. The van der Waals surface area contributed by atoms with Crippen LogP contribution in [0.1, 0.15) is 39.2 Å². The first-order chi connectivity index (χ1) is 19.1. The summed E-state index contributed by atoms with van der Waals surface area (Å²) in [5.74, 6) is -0.679. The number of alkyl carbamates (subject to hydrolysis) is 1. The first-order valence-electron chi connectivity index (χ1n) is 13.3. The maximum Gasteiger partial charge on any atom is 0.409 e.